The van der Waals surface area contributed by atoms with Crippen molar-refractivity contribution in [2.75, 3.05) is 6.61 Å². The van der Waals surface area contributed by atoms with Gasteiger partial charge in [0.05, 0.1) is 0 Å². The maximum absolute atomic E-state index is 12.7. The van der Waals surface area contributed by atoms with Crippen molar-refractivity contribution in [2.24, 2.45) is 5.92 Å². The zero-order valence-corrected chi connectivity index (χ0v) is 20.3. The minimum Gasteiger partial charge on any atom is -0.407 e. The van der Waals surface area contributed by atoms with E-state index in [-0.39, 0.29) is 11.0 Å². The van der Waals surface area contributed by atoms with Crippen molar-refractivity contribution in [1.82, 2.24) is 0 Å². The highest BCUT2D eigenvalue weighted by atomic mass is 127. The largest absolute Gasteiger partial charge is 0.407 e. The number of Topliss-reactive ketones (excluding diaryl/α,β-unsaturated/α-hetero) is 1. The van der Waals surface area contributed by atoms with Gasteiger partial charge in [0, 0.05) is 22.9 Å². The van der Waals surface area contributed by atoms with Gasteiger partial charge in [0.2, 0.25) is 0 Å². The molecule has 0 bridgehead atoms. The highest BCUT2D eigenvalue weighted by molar-refractivity contribution is 14.1. The van der Waals surface area contributed by atoms with E-state index in [2.05, 4.69) is 104 Å². The van der Waals surface area contributed by atoms with E-state index in [9.17, 15) is 4.79 Å². The molecule has 0 saturated heterocycles. The van der Waals surface area contributed by atoms with Crippen LogP contribution in [0.25, 0.3) is 0 Å². The van der Waals surface area contributed by atoms with E-state index < -0.39 is 8.32 Å². The second kappa shape index (κ2) is 9.22. The maximum atomic E-state index is 12.7. The maximum Gasteiger partial charge on any atom is 0.261 e. The highest BCUT2D eigenvalue weighted by Crippen LogP contribution is 2.37. The third-order valence-corrected chi connectivity index (χ3v) is 12.0. The Morgan fingerprint density at radius 1 is 1.00 bits per heavy atom. The van der Waals surface area contributed by atoms with Crippen molar-refractivity contribution in [1.29, 1.82) is 0 Å². The van der Waals surface area contributed by atoms with Crippen molar-refractivity contribution >= 4 is 47.1 Å². The minimum atomic E-state index is -2.56. The van der Waals surface area contributed by atoms with Gasteiger partial charge >= 0.3 is 0 Å². The lowest BCUT2D eigenvalue weighted by molar-refractivity contribution is -0.123. The van der Waals surface area contributed by atoms with Crippen LogP contribution in [0.15, 0.2) is 60.7 Å². The predicted octanol–water partition coefficient (Wildman–Crippen LogP) is 5.13. The summed E-state index contributed by atoms with van der Waals surface area (Å²) >= 11 is 2.51. The number of alkyl halides is 1. The van der Waals surface area contributed by atoms with Crippen LogP contribution in [0, 0.1) is 5.92 Å². The number of carbonyl (C=O) groups is 1. The first-order valence-electron chi connectivity index (χ1n) is 10.3. The van der Waals surface area contributed by atoms with Gasteiger partial charge in [-0.05, 0) is 34.7 Å². The van der Waals surface area contributed by atoms with Gasteiger partial charge in [-0.25, -0.2) is 0 Å². The lowest BCUT2D eigenvalue weighted by atomic mass is 10.0. The van der Waals surface area contributed by atoms with Crippen molar-refractivity contribution in [3.63, 3.8) is 0 Å². The summed E-state index contributed by atoms with van der Waals surface area (Å²) in [4.78, 5) is 12.7. The Bertz CT molecular complexity index is 731. The molecule has 0 N–H and O–H groups in total. The molecule has 3 rings (SSSR count). The fraction of sp³-hybridized carbons (Fsp3) is 0.458. The first kappa shape index (κ1) is 21.7. The van der Waals surface area contributed by atoms with Gasteiger partial charge in [0.25, 0.3) is 8.32 Å². The molecule has 0 amide bonds. The SMILES string of the molecule is CC(C)(C)[Si](OCC1CC(I)CCCC1=O)(c1ccccc1)c1ccccc1. The van der Waals surface area contributed by atoms with Gasteiger partial charge in [-0.15, -0.1) is 0 Å². The molecule has 1 fully saturated rings. The van der Waals surface area contributed by atoms with E-state index in [0.29, 0.717) is 22.7 Å². The van der Waals surface area contributed by atoms with E-state index in [0.717, 1.165) is 19.3 Å². The topological polar surface area (TPSA) is 26.3 Å². The van der Waals surface area contributed by atoms with E-state index >= 15 is 0 Å². The summed E-state index contributed by atoms with van der Waals surface area (Å²) in [5.74, 6) is 0.406. The van der Waals surface area contributed by atoms with Crippen LogP contribution in [0.1, 0.15) is 46.5 Å². The summed E-state index contributed by atoms with van der Waals surface area (Å²) < 4.78 is 7.56. The molecule has 1 aliphatic rings. The molecule has 0 spiro atoms. The van der Waals surface area contributed by atoms with E-state index in [1.165, 1.54) is 10.4 Å². The lowest BCUT2D eigenvalue weighted by Gasteiger charge is -2.43. The zero-order chi connectivity index (χ0) is 20.2. The van der Waals surface area contributed by atoms with Crippen LogP contribution in [0.5, 0.6) is 0 Å². The number of halogens is 1. The molecule has 1 saturated carbocycles. The Labute approximate surface area is 184 Å². The van der Waals surface area contributed by atoms with Gasteiger partial charge in [-0.3, -0.25) is 4.79 Å². The molecule has 0 radical (unpaired) electrons. The van der Waals surface area contributed by atoms with Crippen molar-refractivity contribution in [2.45, 2.75) is 55.4 Å². The second-order valence-electron chi connectivity index (χ2n) is 8.86. The molecule has 4 heteroatoms. The Morgan fingerprint density at radius 3 is 2.04 bits per heavy atom. The van der Waals surface area contributed by atoms with Gasteiger partial charge in [0.1, 0.15) is 5.78 Å². The van der Waals surface area contributed by atoms with Crippen LogP contribution < -0.4 is 10.4 Å². The van der Waals surface area contributed by atoms with Crippen LogP contribution in [0.3, 0.4) is 0 Å². The number of hydrogen-bond acceptors (Lipinski definition) is 2. The Kier molecular flexibility index (Phi) is 7.15. The third kappa shape index (κ3) is 4.60. The molecule has 1 aliphatic carbocycles. The van der Waals surface area contributed by atoms with Gasteiger partial charge in [-0.1, -0.05) is 104 Å². The molecular weight excluding hydrogens is 475 g/mol. The highest BCUT2D eigenvalue weighted by Gasteiger charge is 2.50. The van der Waals surface area contributed by atoms with Crippen LogP contribution in [0.2, 0.25) is 5.04 Å². The van der Waals surface area contributed by atoms with Gasteiger partial charge in [-0.2, -0.15) is 0 Å². The Hall–Kier alpha value is -0.983. The molecule has 0 aliphatic heterocycles. The van der Waals surface area contributed by atoms with E-state index in [4.69, 9.17) is 4.43 Å². The number of carbonyl (C=O) groups excluding carboxylic acids is 1. The van der Waals surface area contributed by atoms with Crippen molar-refractivity contribution < 1.29 is 9.22 Å². The average Bonchev–Trinajstić information content (AvgIpc) is 2.83. The fourth-order valence-electron chi connectivity index (χ4n) is 4.41. The molecule has 2 nitrogen and oxygen atoms in total. The number of benzene rings is 2. The van der Waals surface area contributed by atoms with E-state index in [1.54, 1.807) is 0 Å². The van der Waals surface area contributed by atoms with Crippen LogP contribution in [0.4, 0.5) is 0 Å². The van der Waals surface area contributed by atoms with Crippen LogP contribution in [-0.4, -0.2) is 24.6 Å². The third-order valence-electron chi connectivity index (χ3n) is 5.85. The summed E-state index contributed by atoms with van der Waals surface area (Å²) in [6.45, 7) is 7.39. The zero-order valence-electron chi connectivity index (χ0n) is 17.2. The molecule has 0 heterocycles. The molecule has 2 aromatic carbocycles. The number of hydrogen-bond donors (Lipinski definition) is 0. The van der Waals surface area contributed by atoms with E-state index in [1.807, 2.05) is 0 Å². The Balaban J connectivity index is 2.02. The molecule has 0 aromatic heterocycles. The number of ketones is 1. The summed E-state index contributed by atoms with van der Waals surface area (Å²) in [7, 11) is -2.56. The van der Waals surface area contributed by atoms with Crippen molar-refractivity contribution in [3.05, 3.63) is 60.7 Å². The quantitative estimate of drug-likeness (QED) is 0.243. The number of rotatable bonds is 5. The monoisotopic (exact) mass is 506 g/mol. The standard InChI is InChI=1S/C24H31IO2Si/c1-24(2,3)28(21-12-6-4-7-13-21,22-14-8-5-9-15-22)27-18-19-17-20(25)11-10-16-23(19)26/h4-9,12-15,19-20H,10-11,16-18H2,1-3H3. The molecule has 2 unspecified atom stereocenters. The first-order valence-corrected chi connectivity index (χ1v) is 13.4. The molecule has 2 atom stereocenters. The smallest absolute Gasteiger partial charge is 0.261 e. The van der Waals surface area contributed by atoms with Crippen LogP contribution >= 0.6 is 22.6 Å². The summed E-state index contributed by atoms with van der Waals surface area (Å²) in [6.07, 6.45) is 3.80. The minimum absolute atomic E-state index is 0.0195. The Morgan fingerprint density at radius 2 is 1.54 bits per heavy atom. The molecule has 2 aromatic rings. The van der Waals surface area contributed by atoms with Gasteiger partial charge < -0.3 is 4.43 Å². The first-order chi connectivity index (χ1) is 13.3. The lowest BCUT2D eigenvalue weighted by Crippen LogP contribution is -2.67. The average molecular weight is 507 g/mol. The predicted molar refractivity (Wildman–Crippen MR) is 128 cm³/mol. The molecular formula is C24H31IO2Si. The van der Waals surface area contributed by atoms with Gasteiger partial charge in [0.15, 0.2) is 0 Å². The summed E-state index contributed by atoms with van der Waals surface area (Å²) in [5.41, 5.74) is 0. The molecule has 28 heavy (non-hydrogen) atoms. The second-order valence-corrected chi connectivity index (χ2v) is 14.9. The van der Waals surface area contributed by atoms with Crippen LogP contribution in [-0.2, 0) is 9.22 Å². The summed E-state index contributed by atoms with van der Waals surface area (Å²) in [6, 6.07) is 21.4. The molecule has 150 valence electrons. The van der Waals surface area contributed by atoms with Crippen molar-refractivity contribution in [3.8, 4) is 0 Å². The fourth-order valence-corrected chi connectivity index (χ4v) is 10.1. The summed E-state index contributed by atoms with van der Waals surface area (Å²) in [5, 5.41) is 2.51. The normalized spacial score (nSPS) is 21.4.